The van der Waals surface area contributed by atoms with Gasteiger partial charge >= 0.3 is 0 Å². The highest BCUT2D eigenvalue weighted by Crippen LogP contribution is 1.97. The van der Waals surface area contributed by atoms with Gasteiger partial charge in [-0.1, -0.05) is 24.3 Å². The lowest BCUT2D eigenvalue weighted by molar-refractivity contribution is -0.610. The Balaban J connectivity index is 2.62. The number of allylic oxidation sites excluding steroid dienone is 7. The maximum Gasteiger partial charge on any atom is 0.208 e. The van der Waals surface area contributed by atoms with Crippen LogP contribution in [0.4, 0.5) is 0 Å². The van der Waals surface area contributed by atoms with Crippen molar-refractivity contribution in [2.75, 3.05) is 0 Å². The zero-order valence-corrected chi connectivity index (χ0v) is 7.16. The lowest BCUT2D eigenvalue weighted by atomic mass is 10.4. The summed E-state index contributed by atoms with van der Waals surface area (Å²) in [4.78, 5) is 19.1. The Kier molecular flexibility index (Phi) is 4.86. The van der Waals surface area contributed by atoms with Crippen molar-refractivity contribution in [1.82, 2.24) is 0 Å². The largest absolute Gasteiger partial charge is 0.313 e. The van der Waals surface area contributed by atoms with E-state index in [1.165, 1.54) is 12.3 Å². The Labute approximate surface area is 80.3 Å². The summed E-state index contributed by atoms with van der Waals surface area (Å²) in [5.41, 5.74) is 0. The average Bonchev–Trinajstić information content (AvgIpc) is 2.19. The first-order chi connectivity index (χ1) is 6.93. The predicted molar refractivity (Wildman–Crippen MR) is 45.9 cm³/mol. The van der Waals surface area contributed by atoms with Crippen LogP contribution in [0.15, 0.2) is 48.5 Å². The van der Waals surface area contributed by atoms with E-state index < -0.39 is 0 Å². The quantitative estimate of drug-likeness (QED) is 0.470. The average molecular weight is 196 g/mol. The van der Waals surface area contributed by atoms with Crippen LogP contribution in [0.5, 0.6) is 0 Å². The number of carbonyl (C=O) groups excluding carboxylic acids is 1. The van der Waals surface area contributed by atoms with Gasteiger partial charge in [0.05, 0.1) is 0 Å². The van der Waals surface area contributed by atoms with Gasteiger partial charge in [-0.05, 0) is 12.2 Å². The van der Waals surface area contributed by atoms with Crippen molar-refractivity contribution in [3.8, 4) is 0 Å². The van der Waals surface area contributed by atoms with E-state index in [2.05, 4.69) is 19.9 Å². The van der Waals surface area contributed by atoms with Gasteiger partial charge < -0.3 is 9.78 Å². The van der Waals surface area contributed by atoms with Gasteiger partial charge in [-0.3, -0.25) is 4.79 Å². The minimum atomic E-state index is -0.0391. The fourth-order valence-electron chi connectivity index (χ4n) is 0.599. The van der Waals surface area contributed by atoms with E-state index in [4.69, 9.17) is 0 Å². The molecular formula is C9H8O5. The molecule has 0 amide bonds. The van der Waals surface area contributed by atoms with E-state index in [-0.39, 0.29) is 5.76 Å². The first kappa shape index (κ1) is 10.2. The van der Waals surface area contributed by atoms with E-state index in [1.54, 1.807) is 30.4 Å². The standard InChI is InChI=1S/C9H8O5/c10-8-9-6-4-2-1-3-5-7-11-13-14-12-9/h1-8H/b3-1-,4-2-,7-5-,9-6-. The third kappa shape index (κ3) is 4.24. The SMILES string of the molecule is O=C/C1=C/C=C\C=C/C=C\OOOO1. The second-order valence-corrected chi connectivity index (χ2v) is 2.10. The summed E-state index contributed by atoms with van der Waals surface area (Å²) in [5, 5.41) is 8.15. The molecule has 0 N–H and O–H groups in total. The van der Waals surface area contributed by atoms with Gasteiger partial charge in [0.2, 0.25) is 5.76 Å². The minimum absolute atomic E-state index is 0.0391. The molecule has 0 fully saturated rings. The van der Waals surface area contributed by atoms with Crippen LogP contribution in [-0.4, -0.2) is 6.29 Å². The van der Waals surface area contributed by atoms with Gasteiger partial charge in [-0.15, -0.1) is 0 Å². The summed E-state index contributed by atoms with van der Waals surface area (Å²) >= 11 is 0. The normalized spacial score (nSPS) is 27.6. The Morgan fingerprint density at radius 3 is 2.64 bits per heavy atom. The van der Waals surface area contributed by atoms with Gasteiger partial charge in [-0.25, -0.2) is 0 Å². The topological polar surface area (TPSA) is 54.0 Å². The summed E-state index contributed by atoms with van der Waals surface area (Å²) < 4.78 is 0. The molecule has 1 aliphatic heterocycles. The fraction of sp³-hybridized carbons (Fsp3) is 0. The monoisotopic (exact) mass is 196 g/mol. The van der Waals surface area contributed by atoms with Crippen LogP contribution in [0.1, 0.15) is 0 Å². The molecule has 0 aromatic carbocycles. The molecule has 74 valence electrons. The van der Waals surface area contributed by atoms with Crippen molar-refractivity contribution in [1.29, 1.82) is 0 Å². The lowest BCUT2D eigenvalue weighted by Crippen LogP contribution is -1.96. The summed E-state index contributed by atoms with van der Waals surface area (Å²) in [6, 6.07) is 0. The van der Waals surface area contributed by atoms with Crippen LogP contribution < -0.4 is 0 Å². The zero-order valence-electron chi connectivity index (χ0n) is 7.16. The summed E-state index contributed by atoms with van der Waals surface area (Å²) in [5.74, 6) is -0.0391. The Hall–Kier alpha value is -1.85. The highest BCUT2D eigenvalue weighted by atomic mass is 17.7. The Bertz CT molecular complexity index is 288. The molecule has 1 aliphatic rings. The molecule has 1 rings (SSSR count). The van der Waals surface area contributed by atoms with E-state index >= 15 is 0 Å². The molecule has 0 radical (unpaired) electrons. The molecule has 0 unspecified atom stereocenters. The van der Waals surface area contributed by atoms with Gasteiger partial charge in [0.1, 0.15) is 6.26 Å². The zero-order chi connectivity index (χ0) is 10.1. The molecule has 0 spiro atoms. The molecule has 5 nitrogen and oxygen atoms in total. The van der Waals surface area contributed by atoms with Gasteiger partial charge in [-0.2, -0.15) is 0 Å². The predicted octanol–water partition coefficient (Wildman–Crippen LogP) is 1.52. The van der Waals surface area contributed by atoms with Gasteiger partial charge in [0.25, 0.3) is 0 Å². The fourth-order valence-corrected chi connectivity index (χ4v) is 0.599. The second-order valence-electron chi connectivity index (χ2n) is 2.10. The van der Waals surface area contributed by atoms with E-state index in [9.17, 15) is 4.79 Å². The molecular weight excluding hydrogens is 188 g/mol. The minimum Gasteiger partial charge on any atom is -0.313 e. The van der Waals surface area contributed by atoms with Crippen LogP contribution in [0.25, 0.3) is 0 Å². The molecule has 14 heavy (non-hydrogen) atoms. The van der Waals surface area contributed by atoms with E-state index in [0.717, 1.165) is 0 Å². The molecule has 0 bridgehead atoms. The smallest absolute Gasteiger partial charge is 0.208 e. The van der Waals surface area contributed by atoms with Crippen LogP contribution >= 0.6 is 0 Å². The molecule has 0 atom stereocenters. The number of aldehydes is 1. The molecule has 0 saturated heterocycles. The van der Waals surface area contributed by atoms with Gasteiger partial charge in [0.15, 0.2) is 6.29 Å². The molecule has 1 heterocycles. The van der Waals surface area contributed by atoms with Crippen molar-refractivity contribution in [2.24, 2.45) is 0 Å². The van der Waals surface area contributed by atoms with Crippen LogP contribution in [0.3, 0.4) is 0 Å². The Morgan fingerprint density at radius 1 is 1.00 bits per heavy atom. The Morgan fingerprint density at radius 2 is 1.79 bits per heavy atom. The van der Waals surface area contributed by atoms with Crippen LogP contribution in [0, 0.1) is 0 Å². The molecule has 0 aliphatic carbocycles. The lowest BCUT2D eigenvalue weighted by Gasteiger charge is -1.99. The van der Waals surface area contributed by atoms with Gasteiger partial charge in [0, 0.05) is 10.1 Å². The maximum absolute atomic E-state index is 10.3. The third-order valence-corrected chi connectivity index (χ3v) is 1.15. The van der Waals surface area contributed by atoms with Crippen molar-refractivity contribution in [2.45, 2.75) is 0 Å². The first-order valence-electron chi connectivity index (χ1n) is 3.75. The molecule has 0 aromatic rings. The number of hydrogen-bond acceptors (Lipinski definition) is 5. The first-order valence-corrected chi connectivity index (χ1v) is 3.75. The highest BCUT2D eigenvalue weighted by molar-refractivity contribution is 5.70. The number of hydrogen-bond donors (Lipinski definition) is 0. The second kappa shape index (κ2) is 6.64. The highest BCUT2D eigenvalue weighted by Gasteiger charge is 1.96. The number of carbonyl (C=O) groups is 1. The van der Waals surface area contributed by atoms with Crippen LogP contribution in [0.2, 0.25) is 0 Å². The third-order valence-electron chi connectivity index (χ3n) is 1.15. The summed E-state index contributed by atoms with van der Waals surface area (Å²) in [6.07, 6.45) is 11.5. The van der Waals surface area contributed by atoms with E-state index in [1.807, 2.05) is 0 Å². The van der Waals surface area contributed by atoms with Crippen molar-refractivity contribution >= 4 is 6.29 Å². The summed E-state index contributed by atoms with van der Waals surface area (Å²) in [7, 11) is 0. The van der Waals surface area contributed by atoms with Crippen molar-refractivity contribution in [3.63, 3.8) is 0 Å². The summed E-state index contributed by atoms with van der Waals surface area (Å²) in [6.45, 7) is 0. The van der Waals surface area contributed by atoms with Crippen molar-refractivity contribution in [3.05, 3.63) is 48.5 Å². The van der Waals surface area contributed by atoms with Crippen LogP contribution in [-0.2, 0) is 24.6 Å². The van der Waals surface area contributed by atoms with E-state index in [0.29, 0.717) is 6.29 Å². The molecule has 5 heteroatoms. The number of rotatable bonds is 1. The maximum atomic E-state index is 10.3. The molecule has 0 saturated carbocycles. The molecule has 0 aromatic heterocycles. The van der Waals surface area contributed by atoms with Crippen molar-refractivity contribution < 1.29 is 24.6 Å².